The summed E-state index contributed by atoms with van der Waals surface area (Å²) < 4.78 is 24.2. The van der Waals surface area contributed by atoms with Gasteiger partial charge in [-0.05, 0) is 13.3 Å². The van der Waals surface area contributed by atoms with Crippen molar-refractivity contribution in [3.63, 3.8) is 0 Å². The van der Waals surface area contributed by atoms with Crippen LogP contribution in [-0.2, 0) is 19.1 Å². The van der Waals surface area contributed by atoms with Crippen LogP contribution in [0.3, 0.4) is 0 Å². The van der Waals surface area contributed by atoms with Gasteiger partial charge >= 0.3 is 17.7 Å². The second-order valence-electron chi connectivity index (χ2n) is 3.96. The number of nitrogens with one attached hydrogen (secondary N) is 2. The summed E-state index contributed by atoms with van der Waals surface area (Å²) in [5, 5.41) is 3.75. The quantitative estimate of drug-likeness (QED) is 0.412. The number of alkyl halides is 1. The lowest BCUT2D eigenvalue weighted by Gasteiger charge is -2.34. The number of amides is 3. The van der Waals surface area contributed by atoms with Gasteiger partial charge in [0.1, 0.15) is 0 Å². The van der Waals surface area contributed by atoms with Crippen molar-refractivity contribution >= 4 is 17.9 Å². The molecule has 0 aromatic carbocycles. The largest absolute Gasteiger partial charge is 0.463 e. The van der Waals surface area contributed by atoms with Crippen molar-refractivity contribution in [3.8, 4) is 0 Å². The van der Waals surface area contributed by atoms with Crippen LogP contribution in [0.15, 0.2) is 0 Å². The third kappa shape index (κ3) is 3.19. The molecule has 1 aliphatic rings. The number of hydrogen-bond acceptors (Lipinski definition) is 5. The lowest BCUT2D eigenvalue weighted by atomic mass is 10.0. The van der Waals surface area contributed by atoms with Crippen molar-refractivity contribution in [3.05, 3.63) is 0 Å². The van der Waals surface area contributed by atoms with Crippen molar-refractivity contribution in [2.24, 2.45) is 0 Å². The van der Waals surface area contributed by atoms with Crippen LogP contribution in [0.25, 0.3) is 0 Å². The van der Waals surface area contributed by atoms with Crippen LogP contribution in [0.2, 0.25) is 0 Å². The first-order valence-corrected chi connectivity index (χ1v) is 6.06. The van der Waals surface area contributed by atoms with Gasteiger partial charge in [0.25, 0.3) is 5.91 Å². The van der Waals surface area contributed by atoms with Crippen molar-refractivity contribution in [1.82, 2.24) is 10.6 Å². The van der Waals surface area contributed by atoms with Crippen LogP contribution in [0.4, 0.5) is 9.18 Å². The number of rotatable bonds is 6. The summed E-state index contributed by atoms with van der Waals surface area (Å²) in [5.41, 5.74) is -3.07. The molecule has 1 saturated heterocycles. The summed E-state index contributed by atoms with van der Waals surface area (Å²) in [5.74, 6) is -2.76. The lowest BCUT2D eigenvalue weighted by Crippen LogP contribution is -2.71. The van der Waals surface area contributed by atoms with E-state index in [0.717, 1.165) is 6.42 Å². The van der Waals surface area contributed by atoms with Crippen molar-refractivity contribution in [1.29, 1.82) is 0 Å². The van der Waals surface area contributed by atoms with Gasteiger partial charge in [-0.15, -0.1) is 0 Å². The standard InChI is InChI=1S/C11H17FN2O5/c1-3-5-6-19-8-11(12,9(16)18-4-2)7(15)13-10(17)14-8/h8H,3-6H2,1-2H3,(H2,13,14,15,17)/t8-,11-/m0/s1. The van der Waals surface area contributed by atoms with Crippen molar-refractivity contribution in [2.45, 2.75) is 38.6 Å². The Kier molecular flexibility index (Phi) is 5.22. The van der Waals surface area contributed by atoms with E-state index in [-0.39, 0.29) is 13.2 Å². The molecule has 108 valence electrons. The van der Waals surface area contributed by atoms with Gasteiger partial charge in [-0.2, -0.15) is 0 Å². The summed E-state index contributed by atoms with van der Waals surface area (Å²) >= 11 is 0. The van der Waals surface area contributed by atoms with Crippen LogP contribution in [0.5, 0.6) is 0 Å². The number of unbranched alkanes of at least 4 members (excludes halogenated alkanes) is 1. The third-order valence-corrected chi connectivity index (χ3v) is 2.54. The molecular weight excluding hydrogens is 259 g/mol. The molecule has 0 saturated carbocycles. The first kappa shape index (κ1) is 15.4. The van der Waals surface area contributed by atoms with E-state index in [9.17, 15) is 18.8 Å². The van der Waals surface area contributed by atoms with E-state index in [0.29, 0.717) is 6.42 Å². The first-order chi connectivity index (χ1) is 8.96. The zero-order valence-electron chi connectivity index (χ0n) is 10.8. The molecule has 0 unspecified atom stereocenters. The Morgan fingerprint density at radius 1 is 1.42 bits per heavy atom. The number of carbonyl (C=O) groups is 3. The van der Waals surface area contributed by atoms with Gasteiger partial charge in [-0.1, -0.05) is 13.3 Å². The van der Waals surface area contributed by atoms with E-state index >= 15 is 0 Å². The number of urea groups is 1. The van der Waals surface area contributed by atoms with Gasteiger partial charge in [0, 0.05) is 6.61 Å². The van der Waals surface area contributed by atoms with Crippen molar-refractivity contribution < 1.29 is 28.2 Å². The highest BCUT2D eigenvalue weighted by molar-refractivity contribution is 6.14. The molecule has 19 heavy (non-hydrogen) atoms. The summed E-state index contributed by atoms with van der Waals surface area (Å²) in [6.45, 7) is 3.39. The van der Waals surface area contributed by atoms with Crippen LogP contribution >= 0.6 is 0 Å². The number of halogens is 1. The SMILES string of the molecule is CCCCO[C@@H]1NC(=O)NC(=O)[C@@]1(F)C(=O)OCC. The summed E-state index contributed by atoms with van der Waals surface area (Å²) in [4.78, 5) is 34.3. The van der Waals surface area contributed by atoms with Crippen LogP contribution in [0.1, 0.15) is 26.7 Å². The van der Waals surface area contributed by atoms with Crippen LogP contribution in [-0.4, -0.2) is 43.0 Å². The Morgan fingerprint density at radius 2 is 2.11 bits per heavy atom. The predicted octanol–water partition coefficient (Wildman–Crippen LogP) is 0.240. The maximum Gasteiger partial charge on any atom is 0.358 e. The van der Waals surface area contributed by atoms with Gasteiger partial charge in [0.05, 0.1) is 6.61 Å². The molecule has 1 aliphatic heterocycles. The van der Waals surface area contributed by atoms with Gasteiger partial charge in [0.15, 0.2) is 6.23 Å². The molecule has 0 aliphatic carbocycles. The normalized spacial score (nSPS) is 26.6. The van der Waals surface area contributed by atoms with E-state index in [1.54, 1.807) is 5.32 Å². The van der Waals surface area contributed by atoms with Gasteiger partial charge in [0.2, 0.25) is 0 Å². The second-order valence-corrected chi connectivity index (χ2v) is 3.96. The first-order valence-electron chi connectivity index (χ1n) is 6.06. The van der Waals surface area contributed by atoms with Crippen molar-refractivity contribution in [2.75, 3.05) is 13.2 Å². The van der Waals surface area contributed by atoms with E-state index in [2.05, 4.69) is 10.1 Å². The maximum absolute atomic E-state index is 14.6. The number of esters is 1. The molecule has 8 heteroatoms. The molecule has 7 nitrogen and oxygen atoms in total. The Morgan fingerprint density at radius 3 is 2.68 bits per heavy atom. The Hall–Kier alpha value is -1.70. The van der Waals surface area contributed by atoms with Crippen LogP contribution < -0.4 is 10.6 Å². The summed E-state index contributed by atoms with van der Waals surface area (Å²) in [7, 11) is 0. The van der Waals surface area contributed by atoms with Crippen LogP contribution in [0, 0.1) is 0 Å². The molecule has 2 N–H and O–H groups in total. The van der Waals surface area contributed by atoms with E-state index in [1.807, 2.05) is 6.92 Å². The molecular formula is C11H17FN2O5. The lowest BCUT2D eigenvalue weighted by molar-refractivity contribution is -0.179. The van der Waals surface area contributed by atoms with Gasteiger partial charge < -0.3 is 14.8 Å². The third-order valence-electron chi connectivity index (χ3n) is 2.54. The van der Waals surface area contributed by atoms with Gasteiger partial charge in [-0.3, -0.25) is 10.1 Å². The highest BCUT2D eigenvalue weighted by Crippen LogP contribution is 2.23. The molecule has 2 atom stereocenters. The number of carbonyl (C=O) groups excluding carboxylic acids is 3. The fourth-order valence-corrected chi connectivity index (χ4v) is 1.51. The minimum atomic E-state index is -3.07. The molecule has 1 heterocycles. The highest BCUT2D eigenvalue weighted by atomic mass is 19.1. The molecule has 1 rings (SSSR count). The number of imide groups is 1. The van der Waals surface area contributed by atoms with E-state index in [1.165, 1.54) is 6.92 Å². The Balaban J connectivity index is 2.88. The maximum atomic E-state index is 14.6. The predicted molar refractivity (Wildman–Crippen MR) is 61.8 cm³/mol. The van der Waals surface area contributed by atoms with E-state index in [4.69, 9.17) is 4.74 Å². The monoisotopic (exact) mass is 276 g/mol. The topological polar surface area (TPSA) is 93.7 Å². The average Bonchev–Trinajstić information content (AvgIpc) is 2.35. The zero-order valence-corrected chi connectivity index (χ0v) is 10.8. The minimum absolute atomic E-state index is 0.0899. The molecule has 0 aromatic rings. The molecule has 1 fully saturated rings. The van der Waals surface area contributed by atoms with Gasteiger partial charge in [-0.25, -0.2) is 14.0 Å². The molecule has 0 radical (unpaired) electrons. The Labute approximate surface area is 109 Å². The highest BCUT2D eigenvalue weighted by Gasteiger charge is 2.59. The fourth-order valence-electron chi connectivity index (χ4n) is 1.51. The molecule has 0 spiro atoms. The summed E-state index contributed by atoms with van der Waals surface area (Å²) in [6, 6.07) is -0.913. The Bertz CT molecular complexity index is 376. The minimum Gasteiger partial charge on any atom is -0.463 e. The smallest absolute Gasteiger partial charge is 0.358 e. The zero-order chi connectivity index (χ0) is 14.5. The van der Waals surface area contributed by atoms with E-state index < -0.39 is 29.8 Å². The average molecular weight is 276 g/mol. The molecule has 3 amide bonds. The fraction of sp³-hybridized carbons (Fsp3) is 0.727. The summed E-state index contributed by atoms with van der Waals surface area (Å²) in [6.07, 6.45) is -0.294. The molecule has 0 bridgehead atoms. The number of ether oxygens (including phenoxy) is 2. The number of hydrogen-bond donors (Lipinski definition) is 2. The second kappa shape index (κ2) is 6.46. The molecule has 0 aromatic heterocycles.